The summed E-state index contributed by atoms with van der Waals surface area (Å²) in [7, 11) is 0. The molecule has 1 heterocycles. The molecule has 0 aliphatic rings. The van der Waals surface area contributed by atoms with E-state index in [9.17, 15) is 13.6 Å². The lowest BCUT2D eigenvalue weighted by Gasteiger charge is -2.03. The van der Waals surface area contributed by atoms with Crippen molar-refractivity contribution in [2.24, 2.45) is 0 Å². The molecule has 0 spiro atoms. The Bertz CT molecular complexity index is 496. The van der Waals surface area contributed by atoms with Gasteiger partial charge in [-0.1, -0.05) is 0 Å². The fourth-order valence-electron chi connectivity index (χ4n) is 1.29. The minimum absolute atomic E-state index is 0.0265. The number of aromatic amines is 1. The molecule has 2 aromatic rings. The van der Waals surface area contributed by atoms with Gasteiger partial charge in [-0.2, -0.15) is 13.9 Å². The molecule has 78 valence electrons. The molecule has 0 amide bonds. The van der Waals surface area contributed by atoms with Crippen LogP contribution in [0, 0.1) is 0 Å². The van der Waals surface area contributed by atoms with Crippen LogP contribution in [-0.2, 0) is 0 Å². The molecule has 1 N–H and O–H groups in total. The number of fused-ring (bicyclic) bond motifs is 1. The Morgan fingerprint density at radius 2 is 2.27 bits per heavy atom. The van der Waals surface area contributed by atoms with E-state index in [0.29, 0.717) is 17.2 Å². The summed E-state index contributed by atoms with van der Waals surface area (Å²) in [6, 6.07) is 4.22. The van der Waals surface area contributed by atoms with Gasteiger partial charge in [0.1, 0.15) is 11.4 Å². The second-order valence-corrected chi connectivity index (χ2v) is 2.81. The summed E-state index contributed by atoms with van der Waals surface area (Å²) in [5.41, 5.74) is 0.726. The van der Waals surface area contributed by atoms with E-state index in [-0.39, 0.29) is 11.4 Å². The normalized spacial score (nSPS) is 10.9. The molecule has 0 fully saturated rings. The van der Waals surface area contributed by atoms with E-state index >= 15 is 0 Å². The van der Waals surface area contributed by atoms with Crippen molar-refractivity contribution >= 4 is 17.2 Å². The average molecular weight is 212 g/mol. The molecule has 0 atom stereocenters. The van der Waals surface area contributed by atoms with Gasteiger partial charge in [-0.15, -0.1) is 0 Å². The number of carbonyl (C=O) groups excluding carboxylic acids is 1. The molecule has 1 aromatic heterocycles. The minimum atomic E-state index is -2.86. The third-order valence-corrected chi connectivity index (χ3v) is 1.90. The zero-order chi connectivity index (χ0) is 10.8. The molecule has 0 unspecified atom stereocenters. The topological polar surface area (TPSA) is 55.0 Å². The van der Waals surface area contributed by atoms with Crippen LogP contribution in [-0.4, -0.2) is 23.1 Å². The molecular weight excluding hydrogens is 206 g/mol. The quantitative estimate of drug-likeness (QED) is 0.791. The molecule has 0 saturated heterocycles. The fourth-order valence-corrected chi connectivity index (χ4v) is 1.29. The predicted octanol–water partition coefficient (Wildman–Crippen LogP) is 1.98. The lowest BCUT2D eigenvalue weighted by Crippen LogP contribution is -2.01. The van der Waals surface area contributed by atoms with Crippen LogP contribution in [0.1, 0.15) is 10.5 Å². The number of hydrogen-bond acceptors (Lipinski definition) is 3. The maximum Gasteiger partial charge on any atom is 0.387 e. The van der Waals surface area contributed by atoms with E-state index < -0.39 is 6.61 Å². The molecule has 2 rings (SSSR count). The Morgan fingerprint density at radius 3 is 2.93 bits per heavy atom. The first-order chi connectivity index (χ1) is 7.20. The number of nitrogens with zero attached hydrogens (tertiary/aromatic N) is 1. The number of benzene rings is 1. The molecule has 4 nitrogen and oxygen atoms in total. The summed E-state index contributed by atoms with van der Waals surface area (Å²) in [6.45, 7) is -2.86. The maximum absolute atomic E-state index is 11.9. The number of nitrogens with one attached hydrogen (secondary N) is 1. The second-order valence-electron chi connectivity index (χ2n) is 2.81. The van der Waals surface area contributed by atoms with Gasteiger partial charge in [0.2, 0.25) is 0 Å². The van der Waals surface area contributed by atoms with Crippen LogP contribution >= 0.6 is 0 Å². The van der Waals surface area contributed by atoms with Gasteiger partial charge in [0.05, 0.1) is 5.52 Å². The fraction of sp³-hybridized carbons (Fsp3) is 0.111. The monoisotopic (exact) mass is 212 g/mol. The highest BCUT2D eigenvalue weighted by molar-refractivity contribution is 5.95. The summed E-state index contributed by atoms with van der Waals surface area (Å²) >= 11 is 0. The van der Waals surface area contributed by atoms with Gasteiger partial charge in [-0.3, -0.25) is 9.89 Å². The van der Waals surface area contributed by atoms with Crippen molar-refractivity contribution in [3.63, 3.8) is 0 Å². The van der Waals surface area contributed by atoms with Crippen LogP contribution < -0.4 is 4.74 Å². The Hall–Kier alpha value is -1.98. The summed E-state index contributed by atoms with van der Waals surface area (Å²) in [5.74, 6) is 0.0265. The van der Waals surface area contributed by atoms with E-state index in [0.717, 1.165) is 0 Å². The van der Waals surface area contributed by atoms with Crippen molar-refractivity contribution in [1.29, 1.82) is 0 Å². The maximum atomic E-state index is 11.9. The lowest BCUT2D eigenvalue weighted by molar-refractivity contribution is -0.0497. The molecule has 0 saturated carbocycles. The van der Waals surface area contributed by atoms with Crippen molar-refractivity contribution in [1.82, 2.24) is 10.2 Å². The summed E-state index contributed by atoms with van der Waals surface area (Å²) < 4.78 is 28.0. The van der Waals surface area contributed by atoms with Gasteiger partial charge in [0.25, 0.3) is 0 Å². The summed E-state index contributed by atoms with van der Waals surface area (Å²) in [4.78, 5) is 10.5. The highest BCUT2D eigenvalue weighted by Crippen LogP contribution is 2.22. The molecule has 0 aliphatic heterocycles. The van der Waals surface area contributed by atoms with Crippen molar-refractivity contribution < 1.29 is 18.3 Å². The van der Waals surface area contributed by atoms with Gasteiger partial charge in [-0.05, 0) is 12.1 Å². The van der Waals surface area contributed by atoms with Crippen LogP contribution in [0.5, 0.6) is 5.75 Å². The van der Waals surface area contributed by atoms with Crippen molar-refractivity contribution in [2.75, 3.05) is 0 Å². The first-order valence-electron chi connectivity index (χ1n) is 4.09. The van der Waals surface area contributed by atoms with E-state index in [1.807, 2.05) is 0 Å². The molecule has 15 heavy (non-hydrogen) atoms. The van der Waals surface area contributed by atoms with E-state index in [2.05, 4.69) is 14.9 Å². The molecule has 0 bridgehead atoms. The van der Waals surface area contributed by atoms with Gasteiger partial charge in [0.15, 0.2) is 6.29 Å². The van der Waals surface area contributed by atoms with Crippen LogP contribution in [0.15, 0.2) is 18.2 Å². The highest BCUT2D eigenvalue weighted by Gasteiger charge is 2.08. The number of carbonyl (C=O) groups is 1. The van der Waals surface area contributed by atoms with Crippen LogP contribution in [0.2, 0.25) is 0 Å². The van der Waals surface area contributed by atoms with Crippen molar-refractivity contribution in [3.05, 3.63) is 23.9 Å². The van der Waals surface area contributed by atoms with Crippen LogP contribution in [0.25, 0.3) is 10.9 Å². The second kappa shape index (κ2) is 3.64. The molecule has 6 heteroatoms. The number of rotatable bonds is 3. The van der Waals surface area contributed by atoms with Crippen molar-refractivity contribution in [3.8, 4) is 5.75 Å². The highest BCUT2D eigenvalue weighted by atomic mass is 19.3. The Balaban J connectivity index is 2.44. The van der Waals surface area contributed by atoms with Gasteiger partial charge < -0.3 is 4.74 Å². The molecule has 0 radical (unpaired) electrons. The molecule has 0 aliphatic carbocycles. The van der Waals surface area contributed by atoms with Crippen molar-refractivity contribution in [2.45, 2.75) is 6.61 Å². The first-order valence-corrected chi connectivity index (χ1v) is 4.09. The smallest absolute Gasteiger partial charge is 0.387 e. The number of hydrogen-bond donors (Lipinski definition) is 1. The van der Waals surface area contributed by atoms with Gasteiger partial charge in [-0.25, -0.2) is 0 Å². The Morgan fingerprint density at radius 1 is 1.47 bits per heavy atom. The van der Waals surface area contributed by atoms with Crippen LogP contribution in [0.4, 0.5) is 8.78 Å². The third-order valence-electron chi connectivity index (χ3n) is 1.90. The van der Waals surface area contributed by atoms with Gasteiger partial charge in [0, 0.05) is 11.5 Å². The zero-order valence-electron chi connectivity index (χ0n) is 7.41. The molecular formula is C9H6F2N2O2. The largest absolute Gasteiger partial charge is 0.435 e. The number of aldehydes is 1. The van der Waals surface area contributed by atoms with Crippen LogP contribution in [0.3, 0.4) is 0 Å². The lowest BCUT2D eigenvalue weighted by atomic mass is 10.2. The van der Waals surface area contributed by atoms with E-state index in [1.54, 1.807) is 0 Å². The third kappa shape index (κ3) is 1.78. The van der Waals surface area contributed by atoms with E-state index in [4.69, 9.17) is 0 Å². The Labute approximate surface area is 82.8 Å². The molecule has 1 aromatic carbocycles. The standard InChI is InChI=1S/C9H6F2N2O2/c10-9(11)15-5-1-2-6-7(3-5)12-13-8(6)4-14/h1-4,9H,(H,12,13). The van der Waals surface area contributed by atoms with E-state index in [1.165, 1.54) is 18.2 Å². The first kappa shape index (κ1) is 9.57. The number of aromatic nitrogens is 2. The summed E-state index contributed by atoms with van der Waals surface area (Å²) in [6.07, 6.45) is 0.590. The number of ether oxygens (including phenoxy) is 1. The predicted molar refractivity (Wildman–Crippen MR) is 48.1 cm³/mol. The summed E-state index contributed by atoms with van der Waals surface area (Å²) in [5, 5.41) is 6.82. The zero-order valence-corrected chi connectivity index (χ0v) is 7.41. The number of H-pyrrole nitrogens is 1. The minimum Gasteiger partial charge on any atom is -0.435 e. The average Bonchev–Trinajstić information content (AvgIpc) is 2.58. The number of alkyl halides is 2. The van der Waals surface area contributed by atoms with Gasteiger partial charge >= 0.3 is 6.61 Å². The Kier molecular flexibility index (Phi) is 2.32. The SMILES string of the molecule is O=Cc1n[nH]c2cc(OC(F)F)ccc12. The number of halogens is 2.